The topological polar surface area (TPSA) is 108 Å². The second-order valence-corrected chi connectivity index (χ2v) is 4.12. The van der Waals surface area contributed by atoms with Crippen molar-refractivity contribution in [2.75, 3.05) is 6.54 Å². The van der Waals surface area contributed by atoms with Gasteiger partial charge in [-0.2, -0.15) is 0 Å². The summed E-state index contributed by atoms with van der Waals surface area (Å²) in [5.74, 6) is -0.308. The number of benzene rings is 1. The molecule has 17 heavy (non-hydrogen) atoms. The average molecular weight is 255 g/mol. The summed E-state index contributed by atoms with van der Waals surface area (Å²) in [6.45, 7) is 2.10. The van der Waals surface area contributed by atoms with Gasteiger partial charge in [-0.05, 0) is 12.1 Å². The lowest BCUT2D eigenvalue weighted by molar-refractivity contribution is 0.473. The minimum Gasteiger partial charge on any atom is -0.506 e. The van der Waals surface area contributed by atoms with Gasteiger partial charge in [0.1, 0.15) is 5.75 Å². The summed E-state index contributed by atoms with van der Waals surface area (Å²) in [7, 11) is 0. The molecule has 6 N–H and O–H groups in total. The van der Waals surface area contributed by atoms with Crippen molar-refractivity contribution in [3.63, 3.8) is 0 Å². The van der Waals surface area contributed by atoms with Gasteiger partial charge in [-0.1, -0.05) is 24.6 Å². The van der Waals surface area contributed by atoms with Crippen LogP contribution in [0.4, 0.5) is 0 Å². The zero-order chi connectivity index (χ0) is 13.0. The van der Waals surface area contributed by atoms with E-state index in [4.69, 9.17) is 28.5 Å². The summed E-state index contributed by atoms with van der Waals surface area (Å²) < 4.78 is 0. The molecule has 1 unspecified atom stereocenters. The number of rotatable bonds is 4. The van der Waals surface area contributed by atoms with Crippen molar-refractivity contribution >= 4 is 23.3 Å². The van der Waals surface area contributed by atoms with E-state index in [9.17, 15) is 5.11 Å². The smallest absolute Gasteiger partial charge is 0.185 e. The number of halogens is 1. The molecule has 0 radical (unpaired) electrons. The van der Waals surface area contributed by atoms with E-state index < -0.39 is 0 Å². The molecule has 0 aliphatic rings. The van der Waals surface area contributed by atoms with Crippen molar-refractivity contribution in [2.45, 2.75) is 6.92 Å². The first-order valence-electron chi connectivity index (χ1n) is 5.05. The Morgan fingerprint density at radius 1 is 1.53 bits per heavy atom. The summed E-state index contributed by atoms with van der Waals surface area (Å²) in [5.41, 5.74) is 11.1. The molecule has 1 rings (SSSR count). The molecule has 0 amide bonds. The number of phenolic OH excluding ortho intramolecular Hbond substituents is 1. The van der Waals surface area contributed by atoms with Gasteiger partial charge in [-0.3, -0.25) is 4.99 Å². The Bertz CT molecular complexity index is 455. The molecule has 0 aliphatic carbocycles. The van der Waals surface area contributed by atoms with Crippen LogP contribution in [-0.2, 0) is 0 Å². The van der Waals surface area contributed by atoms with E-state index in [-0.39, 0.29) is 28.4 Å². The highest BCUT2D eigenvalue weighted by molar-refractivity contribution is 6.32. The first kappa shape index (κ1) is 13.3. The summed E-state index contributed by atoms with van der Waals surface area (Å²) in [6, 6.07) is 4.88. The van der Waals surface area contributed by atoms with E-state index >= 15 is 0 Å². The summed E-state index contributed by atoms with van der Waals surface area (Å²) in [5, 5.41) is 17.9. The van der Waals surface area contributed by atoms with E-state index in [0.717, 1.165) is 0 Å². The maximum atomic E-state index is 9.74. The number of phenols is 1. The van der Waals surface area contributed by atoms with Crippen molar-refractivity contribution in [2.24, 2.45) is 22.4 Å². The van der Waals surface area contributed by atoms with Crippen LogP contribution >= 0.6 is 11.6 Å². The van der Waals surface area contributed by atoms with E-state index in [1.807, 2.05) is 0 Å². The van der Waals surface area contributed by atoms with Gasteiger partial charge in [0.05, 0.1) is 11.6 Å². The normalized spacial score (nSPS) is 11.9. The zero-order valence-corrected chi connectivity index (χ0v) is 10.2. The van der Waals surface area contributed by atoms with Crippen LogP contribution in [0.25, 0.3) is 0 Å². The molecule has 0 spiro atoms. The van der Waals surface area contributed by atoms with Crippen LogP contribution in [0.1, 0.15) is 12.5 Å². The molecular formula is C11H15ClN4O. The Morgan fingerprint density at radius 3 is 2.76 bits per heavy atom. The van der Waals surface area contributed by atoms with E-state index in [1.165, 1.54) is 0 Å². The first-order valence-corrected chi connectivity index (χ1v) is 5.43. The van der Waals surface area contributed by atoms with Gasteiger partial charge in [0, 0.05) is 17.2 Å². The van der Waals surface area contributed by atoms with Crippen molar-refractivity contribution < 1.29 is 5.11 Å². The Hall–Kier alpha value is -1.75. The van der Waals surface area contributed by atoms with Crippen LogP contribution in [0, 0.1) is 11.3 Å². The lowest BCUT2D eigenvalue weighted by Gasteiger charge is -2.13. The molecule has 1 aromatic rings. The van der Waals surface area contributed by atoms with Crippen LogP contribution in [-0.4, -0.2) is 23.3 Å². The van der Waals surface area contributed by atoms with Gasteiger partial charge >= 0.3 is 0 Å². The fourth-order valence-electron chi connectivity index (χ4n) is 1.33. The van der Waals surface area contributed by atoms with Crippen molar-refractivity contribution in [1.82, 2.24) is 0 Å². The van der Waals surface area contributed by atoms with Gasteiger partial charge < -0.3 is 22.0 Å². The third-order valence-corrected chi connectivity index (χ3v) is 2.62. The van der Waals surface area contributed by atoms with Gasteiger partial charge in [-0.25, -0.2) is 0 Å². The lowest BCUT2D eigenvalue weighted by Crippen LogP contribution is -2.25. The van der Waals surface area contributed by atoms with Gasteiger partial charge in [0.25, 0.3) is 0 Å². The monoisotopic (exact) mass is 254 g/mol. The molecule has 5 nitrogen and oxygen atoms in total. The first-order chi connectivity index (χ1) is 7.93. The molecular weight excluding hydrogens is 240 g/mol. The van der Waals surface area contributed by atoms with Crippen molar-refractivity contribution in [3.8, 4) is 5.75 Å². The fraction of sp³-hybridized carbons (Fsp3) is 0.273. The number of guanidine groups is 1. The number of hydrogen-bond donors (Lipinski definition) is 4. The maximum absolute atomic E-state index is 9.74. The Morgan fingerprint density at radius 2 is 2.18 bits per heavy atom. The number of nitrogens with two attached hydrogens (primary N) is 2. The molecule has 0 bridgehead atoms. The second kappa shape index (κ2) is 5.54. The van der Waals surface area contributed by atoms with Crippen molar-refractivity contribution in [1.29, 1.82) is 5.41 Å². The van der Waals surface area contributed by atoms with Crippen LogP contribution in [0.2, 0.25) is 5.02 Å². The third-order valence-electron chi connectivity index (χ3n) is 2.32. The Kier molecular flexibility index (Phi) is 4.34. The predicted octanol–water partition coefficient (Wildman–Crippen LogP) is 1.32. The quantitative estimate of drug-likeness (QED) is 0.481. The number of nitrogens with one attached hydrogen (secondary N) is 1. The Labute approximate surface area is 105 Å². The molecule has 6 heteroatoms. The summed E-state index contributed by atoms with van der Waals surface area (Å²) in [6.07, 6.45) is 0. The standard InChI is InChI=1S/C11H15ClN4O/c1-6(5-16-11(14)15)9(13)7-3-2-4-8(12)10(7)17/h2-4,6,13,17H,5H2,1H3,(H4,14,15,16). The van der Waals surface area contributed by atoms with E-state index in [2.05, 4.69) is 4.99 Å². The van der Waals surface area contributed by atoms with Gasteiger partial charge in [0.2, 0.25) is 0 Å². The molecule has 0 fully saturated rings. The predicted molar refractivity (Wildman–Crippen MR) is 69.8 cm³/mol. The third kappa shape index (κ3) is 3.35. The number of para-hydroxylation sites is 1. The maximum Gasteiger partial charge on any atom is 0.185 e. The van der Waals surface area contributed by atoms with Crippen LogP contribution in [0.5, 0.6) is 5.75 Å². The van der Waals surface area contributed by atoms with Gasteiger partial charge in [-0.15, -0.1) is 0 Å². The lowest BCUT2D eigenvalue weighted by atomic mass is 9.98. The van der Waals surface area contributed by atoms with Crippen molar-refractivity contribution in [3.05, 3.63) is 28.8 Å². The zero-order valence-electron chi connectivity index (χ0n) is 9.44. The number of nitrogens with zero attached hydrogens (tertiary/aromatic N) is 1. The molecule has 0 saturated carbocycles. The minimum atomic E-state index is -0.207. The highest BCUT2D eigenvalue weighted by Crippen LogP contribution is 2.28. The molecule has 1 atom stereocenters. The van der Waals surface area contributed by atoms with E-state index in [0.29, 0.717) is 12.1 Å². The number of aliphatic imine (C=N–C) groups is 1. The van der Waals surface area contributed by atoms with Gasteiger partial charge in [0.15, 0.2) is 5.96 Å². The van der Waals surface area contributed by atoms with E-state index in [1.54, 1.807) is 25.1 Å². The summed E-state index contributed by atoms with van der Waals surface area (Å²) >= 11 is 5.78. The molecule has 0 aromatic heterocycles. The Balaban J connectivity index is 2.89. The molecule has 92 valence electrons. The molecule has 0 saturated heterocycles. The van der Waals surface area contributed by atoms with Crippen LogP contribution in [0.15, 0.2) is 23.2 Å². The largest absolute Gasteiger partial charge is 0.506 e. The molecule has 0 heterocycles. The minimum absolute atomic E-state index is 0.0139. The highest BCUT2D eigenvalue weighted by atomic mass is 35.5. The SMILES string of the molecule is CC(CN=C(N)N)C(=N)c1cccc(Cl)c1O. The number of hydrogen-bond acceptors (Lipinski definition) is 3. The second-order valence-electron chi connectivity index (χ2n) is 3.72. The number of aromatic hydroxyl groups is 1. The summed E-state index contributed by atoms with van der Waals surface area (Å²) in [4.78, 5) is 3.84. The fourth-order valence-corrected chi connectivity index (χ4v) is 1.51. The molecule has 0 aliphatic heterocycles. The molecule has 1 aromatic carbocycles. The highest BCUT2D eigenvalue weighted by Gasteiger charge is 2.15. The van der Waals surface area contributed by atoms with Crippen LogP contribution < -0.4 is 11.5 Å². The van der Waals surface area contributed by atoms with Crippen LogP contribution in [0.3, 0.4) is 0 Å². The average Bonchev–Trinajstić information content (AvgIpc) is 2.28.